The maximum atomic E-state index is 11.8. The molecule has 1 N–H and O–H groups in total. The number of nitrogens with zero attached hydrogens (tertiary/aromatic N) is 1. The van der Waals surface area contributed by atoms with E-state index in [1.165, 1.54) is 29.4 Å². The van der Waals surface area contributed by atoms with Crippen molar-refractivity contribution >= 4 is 5.97 Å². The lowest BCUT2D eigenvalue weighted by atomic mass is 9.81. The average Bonchev–Trinajstić information content (AvgIpc) is 2.55. The maximum Gasteiger partial charge on any atom is 0.308 e. The number of esters is 1. The predicted octanol–water partition coefficient (Wildman–Crippen LogP) is 3.11. The summed E-state index contributed by atoms with van der Waals surface area (Å²) in [5.41, 5.74) is 5.73. The molecule has 2 saturated heterocycles. The van der Waals surface area contributed by atoms with Gasteiger partial charge in [0.05, 0.1) is 13.0 Å². The highest BCUT2D eigenvalue weighted by Crippen LogP contribution is 2.36. The van der Waals surface area contributed by atoms with Crippen molar-refractivity contribution in [3.05, 3.63) is 34.4 Å². The Kier molecular flexibility index (Phi) is 5.21. The van der Waals surface area contributed by atoms with Gasteiger partial charge in [0.15, 0.2) is 0 Å². The van der Waals surface area contributed by atoms with E-state index in [-0.39, 0.29) is 17.4 Å². The van der Waals surface area contributed by atoms with Gasteiger partial charge in [-0.1, -0.05) is 12.1 Å². The fourth-order valence-electron chi connectivity index (χ4n) is 4.49. The number of likely N-dealkylation sites (tertiary alicyclic amines) is 1. The molecule has 138 valence electrons. The SMILES string of the molecule is COC(=O)C1CCN(C(C)(C)c2cc(C)c(C3CNC3)c(C)c2)CC1. The highest BCUT2D eigenvalue weighted by Gasteiger charge is 2.35. The normalized spacial score (nSPS) is 20.4. The summed E-state index contributed by atoms with van der Waals surface area (Å²) in [6, 6.07) is 4.76. The third kappa shape index (κ3) is 3.47. The first-order valence-corrected chi connectivity index (χ1v) is 9.49. The summed E-state index contributed by atoms with van der Waals surface area (Å²) in [7, 11) is 1.49. The molecule has 25 heavy (non-hydrogen) atoms. The molecule has 0 atom stereocenters. The molecule has 4 heteroatoms. The number of piperidine rings is 1. The highest BCUT2D eigenvalue weighted by molar-refractivity contribution is 5.72. The Bertz CT molecular complexity index is 618. The van der Waals surface area contributed by atoms with Crippen LogP contribution in [-0.2, 0) is 15.1 Å². The second-order valence-electron chi connectivity index (χ2n) is 8.22. The number of methoxy groups -OCH3 is 1. The third-order valence-electron chi connectivity index (χ3n) is 6.31. The largest absolute Gasteiger partial charge is 0.469 e. The molecule has 2 heterocycles. The van der Waals surface area contributed by atoms with Crippen molar-refractivity contribution in [1.29, 1.82) is 0 Å². The molecular weight excluding hydrogens is 312 g/mol. The maximum absolute atomic E-state index is 11.8. The van der Waals surface area contributed by atoms with E-state index in [2.05, 4.69) is 50.0 Å². The van der Waals surface area contributed by atoms with Gasteiger partial charge < -0.3 is 10.1 Å². The van der Waals surface area contributed by atoms with Gasteiger partial charge >= 0.3 is 5.97 Å². The van der Waals surface area contributed by atoms with Gasteiger partial charge in [0.1, 0.15) is 0 Å². The van der Waals surface area contributed by atoms with Crippen LogP contribution >= 0.6 is 0 Å². The lowest BCUT2D eigenvalue weighted by molar-refractivity contribution is -0.147. The molecule has 1 aromatic carbocycles. The van der Waals surface area contributed by atoms with E-state index in [1.807, 2.05) is 0 Å². The van der Waals surface area contributed by atoms with Gasteiger partial charge in [-0.15, -0.1) is 0 Å². The van der Waals surface area contributed by atoms with E-state index in [0.717, 1.165) is 39.0 Å². The molecule has 3 rings (SSSR count). The van der Waals surface area contributed by atoms with E-state index in [9.17, 15) is 4.79 Å². The quantitative estimate of drug-likeness (QED) is 0.852. The predicted molar refractivity (Wildman–Crippen MR) is 101 cm³/mol. The van der Waals surface area contributed by atoms with Gasteiger partial charge in [0.25, 0.3) is 0 Å². The van der Waals surface area contributed by atoms with Crippen LogP contribution in [0.3, 0.4) is 0 Å². The molecular formula is C21H32N2O2. The van der Waals surface area contributed by atoms with Crippen LogP contribution in [-0.4, -0.2) is 44.2 Å². The van der Waals surface area contributed by atoms with Crippen molar-refractivity contribution in [2.75, 3.05) is 33.3 Å². The van der Waals surface area contributed by atoms with Gasteiger partial charge in [-0.25, -0.2) is 0 Å². The Morgan fingerprint density at radius 2 is 1.72 bits per heavy atom. The first-order chi connectivity index (χ1) is 11.8. The minimum atomic E-state index is -0.0531. The number of rotatable bonds is 4. The number of carbonyl (C=O) groups is 1. The molecule has 0 unspecified atom stereocenters. The minimum Gasteiger partial charge on any atom is -0.469 e. The van der Waals surface area contributed by atoms with Crippen LogP contribution in [0.15, 0.2) is 12.1 Å². The second kappa shape index (κ2) is 7.08. The van der Waals surface area contributed by atoms with E-state index in [0.29, 0.717) is 5.92 Å². The van der Waals surface area contributed by atoms with Crippen LogP contribution < -0.4 is 5.32 Å². The number of ether oxygens (including phenoxy) is 1. The van der Waals surface area contributed by atoms with Crippen LogP contribution in [0.4, 0.5) is 0 Å². The topological polar surface area (TPSA) is 41.6 Å². The first kappa shape index (κ1) is 18.4. The Balaban J connectivity index is 1.77. The Morgan fingerprint density at radius 1 is 1.16 bits per heavy atom. The fourth-order valence-corrected chi connectivity index (χ4v) is 4.49. The monoisotopic (exact) mass is 344 g/mol. The summed E-state index contributed by atoms with van der Waals surface area (Å²) < 4.78 is 4.92. The molecule has 0 bridgehead atoms. The number of benzene rings is 1. The summed E-state index contributed by atoms with van der Waals surface area (Å²) in [5.74, 6) is 0.685. The standard InChI is InChI=1S/C21H32N2O2/c1-14-10-18(11-15(2)19(14)17-12-22-13-17)21(3,4)23-8-6-16(7-9-23)20(24)25-5/h10-11,16-17,22H,6-9,12-13H2,1-5H3. The van der Waals surface area contributed by atoms with Gasteiger partial charge in [-0.3, -0.25) is 9.69 Å². The summed E-state index contributed by atoms with van der Waals surface area (Å²) in [6.07, 6.45) is 1.78. The van der Waals surface area contributed by atoms with E-state index in [1.54, 1.807) is 0 Å². The number of nitrogens with one attached hydrogen (secondary N) is 1. The second-order valence-corrected chi connectivity index (χ2v) is 8.22. The zero-order valence-corrected chi connectivity index (χ0v) is 16.3. The average molecular weight is 344 g/mol. The summed E-state index contributed by atoms with van der Waals surface area (Å²) in [5, 5.41) is 3.38. The number of hydrogen-bond acceptors (Lipinski definition) is 4. The van der Waals surface area contributed by atoms with Gasteiger partial charge in [0.2, 0.25) is 0 Å². The Labute approximate surface area is 151 Å². The summed E-state index contributed by atoms with van der Waals surface area (Å²) >= 11 is 0. The summed E-state index contributed by atoms with van der Waals surface area (Å²) in [4.78, 5) is 14.3. The highest BCUT2D eigenvalue weighted by atomic mass is 16.5. The van der Waals surface area contributed by atoms with Crippen molar-refractivity contribution in [1.82, 2.24) is 10.2 Å². The zero-order chi connectivity index (χ0) is 18.2. The lowest BCUT2D eigenvalue weighted by Crippen LogP contribution is -2.47. The van der Waals surface area contributed by atoms with Crippen LogP contribution in [0.2, 0.25) is 0 Å². The number of carbonyl (C=O) groups excluding carboxylic acids is 1. The van der Waals surface area contributed by atoms with Crippen LogP contribution in [0.25, 0.3) is 0 Å². The zero-order valence-electron chi connectivity index (χ0n) is 16.3. The first-order valence-electron chi connectivity index (χ1n) is 9.49. The van der Waals surface area contributed by atoms with Gasteiger partial charge in [-0.05, 0) is 75.9 Å². The van der Waals surface area contributed by atoms with Crippen LogP contribution in [0, 0.1) is 19.8 Å². The molecule has 0 spiro atoms. The van der Waals surface area contributed by atoms with E-state index in [4.69, 9.17) is 4.74 Å². The molecule has 0 radical (unpaired) electrons. The van der Waals surface area contributed by atoms with Crippen molar-refractivity contribution in [2.45, 2.75) is 52.0 Å². The molecule has 1 aromatic rings. The van der Waals surface area contributed by atoms with Crippen molar-refractivity contribution < 1.29 is 9.53 Å². The van der Waals surface area contributed by atoms with Gasteiger partial charge in [-0.2, -0.15) is 0 Å². The number of hydrogen-bond donors (Lipinski definition) is 1. The third-order valence-corrected chi connectivity index (χ3v) is 6.31. The fraction of sp³-hybridized carbons (Fsp3) is 0.667. The van der Waals surface area contributed by atoms with Crippen molar-refractivity contribution in [3.8, 4) is 0 Å². The van der Waals surface area contributed by atoms with Crippen LogP contribution in [0.1, 0.15) is 54.9 Å². The molecule has 0 aromatic heterocycles. The van der Waals surface area contributed by atoms with E-state index < -0.39 is 0 Å². The molecule has 0 saturated carbocycles. The smallest absolute Gasteiger partial charge is 0.308 e. The number of aryl methyl sites for hydroxylation is 2. The van der Waals surface area contributed by atoms with Gasteiger partial charge in [0, 0.05) is 24.5 Å². The molecule has 0 amide bonds. The van der Waals surface area contributed by atoms with Crippen molar-refractivity contribution in [3.63, 3.8) is 0 Å². The Morgan fingerprint density at radius 3 is 2.16 bits per heavy atom. The molecule has 2 fully saturated rings. The molecule has 0 aliphatic carbocycles. The van der Waals surface area contributed by atoms with E-state index >= 15 is 0 Å². The minimum absolute atomic E-state index is 0.0208. The molecule has 2 aliphatic rings. The van der Waals surface area contributed by atoms with Crippen molar-refractivity contribution in [2.24, 2.45) is 5.92 Å². The molecule has 2 aliphatic heterocycles. The Hall–Kier alpha value is -1.39. The summed E-state index contributed by atoms with van der Waals surface area (Å²) in [6.45, 7) is 13.2. The molecule has 4 nitrogen and oxygen atoms in total. The van der Waals surface area contributed by atoms with Crippen LogP contribution in [0.5, 0.6) is 0 Å². The lowest BCUT2D eigenvalue weighted by Gasteiger charge is -2.43.